The number of benzene rings is 1. The molecule has 0 aliphatic carbocycles. The van der Waals surface area contributed by atoms with Crippen molar-refractivity contribution in [2.75, 3.05) is 11.9 Å². The van der Waals surface area contributed by atoms with Crippen LogP contribution in [0.2, 0.25) is 0 Å². The minimum Gasteiger partial charge on any atom is -0.508 e. The van der Waals surface area contributed by atoms with Crippen molar-refractivity contribution in [1.82, 2.24) is 9.78 Å². The quantitative estimate of drug-likeness (QED) is 0.771. The zero-order valence-electron chi connectivity index (χ0n) is 9.78. The Morgan fingerprint density at radius 3 is 2.89 bits per heavy atom. The third-order valence-electron chi connectivity index (χ3n) is 2.37. The average Bonchev–Trinajstić information content (AvgIpc) is 2.75. The van der Waals surface area contributed by atoms with E-state index < -0.39 is 0 Å². The van der Waals surface area contributed by atoms with E-state index in [0.717, 1.165) is 11.3 Å². The molecule has 0 aliphatic heterocycles. The first-order valence-electron chi connectivity index (χ1n) is 5.43. The van der Waals surface area contributed by atoms with E-state index in [2.05, 4.69) is 10.4 Å². The third-order valence-corrected chi connectivity index (χ3v) is 2.37. The number of halogens is 1. The summed E-state index contributed by atoms with van der Waals surface area (Å²) in [4.78, 5) is 0. The fourth-order valence-electron chi connectivity index (χ4n) is 1.55. The smallest absolute Gasteiger partial charge is 0.115 e. The van der Waals surface area contributed by atoms with Crippen LogP contribution in [-0.2, 0) is 13.1 Å². The van der Waals surface area contributed by atoms with E-state index >= 15 is 0 Å². The molecule has 18 heavy (non-hydrogen) atoms. The largest absolute Gasteiger partial charge is 0.508 e. The second kappa shape index (κ2) is 6.88. The van der Waals surface area contributed by atoms with Crippen molar-refractivity contribution >= 4 is 18.1 Å². The first-order chi connectivity index (χ1) is 8.28. The van der Waals surface area contributed by atoms with Gasteiger partial charge in [-0.3, -0.25) is 4.68 Å². The third kappa shape index (κ3) is 3.94. The van der Waals surface area contributed by atoms with Crippen LogP contribution in [0.3, 0.4) is 0 Å². The number of aromatic nitrogens is 2. The standard InChI is InChI=1S/C12H15N3O2.ClH/c16-5-4-15-9-11(8-14-15)13-7-10-2-1-3-12(17)6-10;/h1-3,6,8-9,13,16-17H,4-5,7H2;1H. The van der Waals surface area contributed by atoms with Crippen LogP contribution in [-0.4, -0.2) is 26.6 Å². The number of phenols is 1. The highest BCUT2D eigenvalue weighted by molar-refractivity contribution is 5.85. The lowest BCUT2D eigenvalue weighted by atomic mass is 10.2. The molecule has 1 aromatic heterocycles. The molecular formula is C12H16ClN3O2. The number of nitrogens with one attached hydrogen (secondary N) is 1. The Kier molecular flexibility index (Phi) is 5.48. The molecule has 0 spiro atoms. The Hall–Kier alpha value is -1.72. The second-order valence-electron chi connectivity index (χ2n) is 3.74. The number of anilines is 1. The van der Waals surface area contributed by atoms with Crippen LogP contribution < -0.4 is 5.32 Å². The molecule has 5 nitrogen and oxygen atoms in total. The highest BCUT2D eigenvalue weighted by Gasteiger charge is 1.98. The van der Waals surface area contributed by atoms with Crippen LogP contribution in [0.4, 0.5) is 5.69 Å². The summed E-state index contributed by atoms with van der Waals surface area (Å²) in [6.45, 7) is 1.20. The van der Waals surface area contributed by atoms with Gasteiger partial charge in [-0.15, -0.1) is 12.4 Å². The van der Waals surface area contributed by atoms with Gasteiger partial charge in [0.1, 0.15) is 5.75 Å². The molecule has 0 unspecified atom stereocenters. The molecule has 0 bridgehead atoms. The highest BCUT2D eigenvalue weighted by Crippen LogP contribution is 2.13. The van der Waals surface area contributed by atoms with Crippen molar-refractivity contribution in [3.63, 3.8) is 0 Å². The summed E-state index contributed by atoms with van der Waals surface area (Å²) in [5.74, 6) is 0.264. The summed E-state index contributed by atoms with van der Waals surface area (Å²) in [5.41, 5.74) is 1.89. The molecule has 0 radical (unpaired) electrons. The number of phenolic OH excluding ortho intramolecular Hbond substituents is 1. The van der Waals surface area contributed by atoms with Gasteiger partial charge in [-0.25, -0.2) is 0 Å². The van der Waals surface area contributed by atoms with Crippen molar-refractivity contribution in [3.8, 4) is 5.75 Å². The maximum Gasteiger partial charge on any atom is 0.115 e. The zero-order valence-corrected chi connectivity index (χ0v) is 10.6. The molecule has 2 rings (SSSR count). The van der Waals surface area contributed by atoms with Crippen LogP contribution in [0.25, 0.3) is 0 Å². The lowest BCUT2D eigenvalue weighted by Crippen LogP contribution is -2.02. The highest BCUT2D eigenvalue weighted by atomic mass is 35.5. The van der Waals surface area contributed by atoms with Gasteiger partial charge in [-0.2, -0.15) is 5.10 Å². The minimum absolute atomic E-state index is 0. The predicted octanol–water partition coefficient (Wildman–Crippen LogP) is 1.61. The van der Waals surface area contributed by atoms with Crippen LogP contribution in [0.15, 0.2) is 36.7 Å². The number of rotatable bonds is 5. The van der Waals surface area contributed by atoms with E-state index in [0.29, 0.717) is 13.1 Å². The number of nitrogens with zero attached hydrogens (tertiary/aromatic N) is 2. The van der Waals surface area contributed by atoms with Crippen molar-refractivity contribution < 1.29 is 10.2 Å². The Morgan fingerprint density at radius 2 is 2.17 bits per heavy atom. The molecule has 0 saturated heterocycles. The summed E-state index contributed by atoms with van der Waals surface area (Å²) in [6, 6.07) is 7.10. The Labute approximate surface area is 111 Å². The molecular weight excluding hydrogens is 254 g/mol. The van der Waals surface area contributed by atoms with E-state index in [1.54, 1.807) is 23.0 Å². The topological polar surface area (TPSA) is 70.3 Å². The van der Waals surface area contributed by atoms with Crippen LogP contribution in [0, 0.1) is 0 Å². The van der Waals surface area contributed by atoms with E-state index in [1.165, 1.54) is 0 Å². The number of aliphatic hydroxyl groups excluding tert-OH is 1. The number of aliphatic hydroxyl groups is 1. The molecule has 0 saturated carbocycles. The minimum atomic E-state index is 0. The van der Waals surface area contributed by atoms with Gasteiger partial charge >= 0.3 is 0 Å². The van der Waals surface area contributed by atoms with E-state index in [1.807, 2.05) is 18.3 Å². The maximum atomic E-state index is 9.31. The van der Waals surface area contributed by atoms with Crippen molar-refractivity contribution in [1.29, 1.82) is 0 Å². The SMILES string of the molecule is Cl.OCCn1cc(NCc2cccc(O)c2)cn1. The summed E-state index contributed by atoms with van der Waals surface area (Å²) >= 11 is 0. The molecule has 2 aromatic rings. The fraction of sp³-hybridized carbons (Fsp3) is 0.250. The number of hydrogen-bond acceptors (Lipinski definition) is 4. The summed E-state index contributed by atoms with van der Waals surface area (Å²) in [7, 11) is 0. The molecule has 0 amide bonds. The van der Waals surface area contributed by atoms with Crippen LogP contribution in [0.1, 0.15) is 5.56 Å². The molecule has 1 aromatic carbocycles. The summed E-state index contributed by atoms with van der Waals surface area (Å²) in [6.07, 6.45) is 3.54. The van der Waals surface area contributed by atoms with Gasteiger partial charge < -0.3 is 15.5 Å². The maximum absolute atomic E-state index is 9.31. The van der Waals surface area contributed by atoms with Gasteiger partial charge in [0.05, 0.1) is 25.0 Å². The Morgan fingerprint density at radius 1 is 1.33 bits per heavy atom. The molecule has 98 valence electrons. The zero-order chi connectivity index (χ0) is 12.1. The van der Waals surface area contributed by atoms with Crippen molar-refractivity contribution in [2.24, 2.45) is 0 Å². The van der Waals surface area contributed by atoms with Gasteiger partial charge in [0.15, 0.2) is 0 Å². The number of hydrogen-bond donors (Lipinski definition) is 3. The molecule has 0 aliphatic rings. The van der Waals surface area contributed by atoms with E-state index in [9.17, 15) is 5.11 Å². The van der Waals surface area contributed by atoms with Gasteiger partial charge in [0.2, 0.25) is 0 Å². The van der Waals surface area contributed by atoms with Crippen LogP contribution >= 0.6 is 12.4 Å². The Balaban J connectivity index is 0.00000162. The molecule has 3 N–H and O–H groups in total. The van der Waals surface area contributed by atoms with Gasteiger partial charge in [0.25, 0.3) is 0 Å². The van der Waals surface area contributed by atoms with Gasteiger partial charge in [0, 0.05) is 12.7 Å². The fourth-order valence-corrected chi connectivity index (χ4v) is 1.55. The summed E-state index contributed by atoms with van der Waals surface area (Å²) < 4.78 is 1.67. The van der Waals surface area contributed by atoms with Crippen molar-refractivity contribution in [2.45, 2.75) is 13.1 Å². The lowest BCUT2D eigenvalue weighted by molar-refractivity contribution is 0.269. The molecule has 6 heteroatoms. The first kappa shape index (κ1) is 14.3. The monoisotopic (exact) mass is 269 g/mol. The predicted molar refractivity (Wildman–Crippen MR) is 72.0 cm³/mol. The second-order valence-corrected chi connectivity index (χ2v) is 3.74. The van der Waals surface area contributed by atoms with Crippen molar-refractivity contribution in [3.05, 3.63) is 42.2 Å². The normalized spacial score (nSPS) is 9.83. The lowest BCUT2D eigenvalue weighted by Gasteiger charge is -2.03. The Bertz CT molecular complexity index is 488. The first-order valence-corrected chi connectivity index (χ1v) is 5.43. The van der Waals surface area contributed by atoms with Gasteiger partial charge in [-0.1, -0.05) is 12.1 Å². The average molecular weight is 270 g/mol. The number of aromatic hydroxyl groups is 1. The van der Waals surface area contributed by atoms with E-state index in [-0.39, 0.29) is 24.8 Å². The molecule has 0 fully saturated rings. The molecule has 0 atom stereocenters. The molecule has 1 heterocycles. The van der Waals surface area contributed by atoms with Crippen LogP contribution in [0.5, 0.6) is 5.75 Å². The van der Waals surface area contributed by atoms with E-state index in [4.69, 9.17) is 5.11 Å². The summed E-state index contributed by atoms with van der Waals surface area (Å²) in [5, 5.41) is 25.3. The van der Waals surface area contributed by atoms with Gasteiger partial charge in [-0.05, 0) is 17.7 Å².